The highest BCUT2D eigenvalue weighted by atomic mass is 15.0. The average Bonchev–Trinajstić information content (AvgIpc) is 2.62. The van der Waals surface area contributed by atoms with Gasteiger partial charge in [-0.2, -0.15) is 0 Å². The van der Waals surface area contributed by atoms with Crippen LogP contribution >= 0.6 is 0 Å². The first-order chi connectivity index (χ1) is 11.7. The molecule has 0 spiro atoms. The van der Waals surface area contributed by atoms with Crippen molar-refractivity contribution in [2.45, 2.75) is 6.54 Å². The van der Waals surface area contributed by atoms with E-state index in [0.717, 1.165) is 28.9 Å². The van der Waals surface area contributed by atoms with Crippen molar-refractivity contribution in [3.8, 4) is 23.1 Å². The minimum absolute atomic E-state index is 0.947. The van der Waals surface area contributed by atoms with Gasteiger partial charge in [-0.1, -0.05) is 42.2 Å². The minimum Gasteiger partial charge on any atom is -0.305 e. The second kappa shape index (κ2) is 7.59. The number of benzene rings is 2. The molecule has 0 aliphatic carbocycles. The number of aromatic nitrogens is 1. The van der Waals surface area contributed by atoms with Gasteiger partial charge in [-0.05, 0) is 56.1 Å². The molecule has 0 fully saturated rings. The summed E-state index contributed by atoms with van der Waals surface area (Å²) in [6.45, 7) is 0.947. The summed E-state index contributed by atoms with van der Waals surface area (Å²) < 4.78 is 0. The molecule has 1 aromatic heterocycles. The van der Waals surface area contributed by atoms with Crippen LogP contribution in [-0.2, 0) is 6.54 Å². The third kappa shape index (κ3) is 4.32. The van der Waals surface area contributed by atoms with Gasteiger partial charge in [-0.15, -0.1) is 0 Å². The maximum Gasteiger partial charge on any atom is 0.0701 e. The minimum atomic E-state index is 0.947. The lowest BCUT2D eigenvalue weighted by Gasteiger charge is -2.08. The lowest BCUT2D eigenvalue weighted by atomic mass is 10.1. The number of nitrogens with zero attached hydrogens (tertiary/aromatic N) is 2. The number of pyridine rings is 1. The third-order valence-electron chi connectivity index (χ3n) is 3.65. The van der Waals surface area contributed by atoms with E-state index in [1.807, 2.05) is 36.5 Å². The highest BCUT2D eigenvalue weighted by Crippen LogP contribution is 2.16. The lowest BCUT2D eigenvalue weighted by molar-refractivity contribution is 0.402. The summed E-state index contributed by atoms with van der Waals surface area (Å²) in [6, 6.07) is 22.6. The van der Waals surface area contributed by atoms with E-state index in [9.17, 15) is 0 Å². The van der Waals surface area contributed by atoms with Gasteiger partial charge < -0.3 is 4.90 Å². The molecule has 2 heteroatoms. The van der Waals surface area contributed by atoms with E-state index < -0.39 is 0 Å². The molecule has 118 valence electrons. The van der Waals surface area contributed by atoms with Crippen molar-refractivity contribution in [3.05, 3.63) is 89.6 Å². The smallest absolute Gasteiger partial charge is 0.0701 e. The van der Waals surface area contributed by atoms with E-state index in [2.05, 4.69) is 72.2 Å². The van der Waals surface area contributed by atoms with Crippen LogP contribution in [0, 0.1) is 11.8 Å². The van der Waals surface area contributed by atoms with Crippen LogP contribution in [-0.4, -0.2) is 24.0 Å². The molecule has 0 unspecified atom stereocenters. The SMILES string of the molecule is CN(C)Cc1ccc(C#Cc2ccc(-c3ccccn3)cc2)cc1. The van der Waals surface area contributed by atoms with Crippen molar-refractivity contribution in [3.63, 3.8) is 0 Å². The molecule has 0 N–H and O–H groups in total. The Kier molecular flexibility index (Phi) is 5.05. The summed E-state index contributed by atoms with van der Waals surface area (Å²) in [5.74, 6) is 6.44. The molecule has 2 aromatic carbocycles. The second-order valence-electron chi connectivity index (χ2n) is 5.98. The summed E-state index contributed by atoms with van der Waals surface area (Å²) in [4.78, 5) is 6.52. The fourth-order valence-corrected chi connectivity index (χ4v) is 2.46. The predicted octanol–water partition coefficient (Wildman–Crippen LogP) is 4.21. The number of hydrogen-bond donors (Lipinski definition) is 0. The normalized spacial score (nSPS) is 10.3. The molecule has 2 nitrogen and oxygen atoms in total. The first-order valence-corrected chi connectivity index (χ1v) is 7.98. The molecule has 1 heterocycles. The van der Waals surface area contributed by atoms with Crippen molar-refractivity contribution in [2.75, 3.05) is 14.1 Å². The zero-order valence-corrected chi connectivity index (χ0v) is 14.0. The van der Waals surface area contributed by atoms with Crippen molar-refractivity contribution >= 4 is 0 Å². The summed E-state index contributed by atoms with van der Waals surface area (Å²) >= 11 is 0. The van der Waals surface area contributed by atoms with E-state index in [1.54, 1.807) is 0 Å². The molecule has 0 saturated heterocycles. The maximum absolute atomic E-state index is 4.36. The van der Waals surface area contributed by atoms with Crippen molar-refractivity contribution in [2.24, 2.45) is 0 Å². The Labute approximate surface area is 143 Å². The summed E-state index contributed by atoms with van der Waals surface area (Å²) in [7, 11) is 4.14. The largest absolute Gasteiger partial charge is 0.305 e. The molecule has 0 amide bonds. The first-order valence-electron chi connectivity index (χ1n) is 7.98. The number of hydrogen-bond acceptors (Lipinski definition) is 2. The van der Waals surface area contributed by atoms with Crippen LogP contribution in [0.1, 0.15) is 16.7 Å². The van der Waals surface area contributed by atoms with Gasteiger partial charge >= 0.3 is 0 Å². The highest BCUT2D eigenvalue weighted by Gasteiger charge is 1.97. The summed E-state index contributed by atoms with van der Waals surface area (Å²) in [6.07, 6.45) is 1.81. The lowest BCUT2D eigenvalue weighted by Crippen LogP contribution is -2.10. The van der Waals surface area contributed by atoms with E-state index in [1.165, 1.54) is 5.56 Å². The van der Waals surface area contributed by atoms with Crippen LogP contribution in [0.15, 0.2) is 72.9 Å². The molecular weight excluding hydrogens is 292 g/mol. The Morgan fingerprint density at radius 1 is 0.792 bits per heavy atom. The fourth-order valence-electron chi connectivity index (χ4n) is 2.46. The second-order valence-corrected chi connectivity index (χ2v) is 5.98. The van der Waals surface area contributed by atoms with Crippen molar-refractivity contribution in [1.29, 1.82) is 0 Å². The Bertz CT molecular complexity index is 836. The van der Waals surface area contributed by atoms with Crippen molar-refractivity contribution < 1.29 is 0 Å². The zero-order valence-electron chi connectivity index (χ0n) is 14.0. The van der Waals surface area contributed by atoms with Crippen LogP contribution in [0.3, 0.4) is 0 Å². The quantitative estimate of drug-likeness (QED) is 0.674. The van der Waals surface area contributed by atoms with E-state index in [-0.39, 0.29) is 0 Å². The summed E-state index contributed by atoms with van der Waals surface area (Å²) in [5, 5.41) is 0. The Morgan fingerprint density at radius 2 is 1.42 bits per heavy atom. The average molecular weight is 312 g/mol. The van der Waals surface area contributed by atoms with E-state index >= 15 is 0 Å². The maximum atomic E-state index is 4.36. The van der Waals surface area contributed by atoms with Crippen LogP contribution in [0.5, 0.6) is 0 Å². The zero-order chi connectivity index (χ0) is 16.8. The van der Waals surface area contributed by atoms with Gasteiger partial charge in [0.1, 0.15) is 0 Å². The molecule has 3 rings (SSSR count). The molecule has 0 bridgehead atoms. The Morgan fingerprint density at radius 3 is 1.96 bits per heavy atom. The molecular formula is C22H20N2. The third-order valence-corrected chi connectivity index (χ3v) is 3.65. The molecule has 24 heavy (non-hydrogen) atoms. The Balaban J connectivity index is 1.72. The van der Waals surface area contributed by atoms with Crippen molar-refractivity contribution in [1.82, 2.24) is 9.88 Å². The van der Waals surface area contributed by atoms with Crippen LogP contribution in [0.2, 0.25) is 0 Å². The van der Waals surface area contributed by atoms with Crippen LogP contribution in [0.4, 0.5) is 0 Å². The molecule has 0 aliphatic heterocycles. The fraction of sp³-hybridized carbons (Fsp3) is 0.136. The first kappa shape index (κ1) is 16.0. The van der Waals surface area contributed by atoms with Gasteiger partial charge in [0.25, 0.3) is 0 Å². The van der Waals surface area contributed by atoms with Gasteiger partial charge in [0.15, 0.2) is 0 Å². The topological polar surface area (TPSA) is 16.1 Å². The number of rotatable bonds is 3. The van der Waals surface area contributed by atoms with Gasteiger partial charge in [0.2, 0.25) is 0 Å². The van der Waals surface area contributed by atoms with Gasteiger partial charge in [0, 0.05) is 29.4 Å². The van der Waals surface area contributed by atoms with Crippen LogP contribution < -0.4 is 0 Å². The van der Waals surface area contributed by atoms with Crippen LogP contribution in [0.25, 0.3) is 11.3 Å². The molecule has 0 radical (unpaired) electrons. The van der Waals surface area contributed by atoms with Gasteiger partial charge in [-0.3, -0.25) is 4.98 Å². The molecule has 3 aromatic rings. The molecule has 0 atom stereocenters. The standard InChI is InChI=1S/C22H20N2/c1-24(2)17-20-10-8-18(9-11-20)6-7-19-12-14-21(15-13-19)22-5-3-4-16-23-22/h3-5,8-16H,17H2,1-2H3. The predicted molar refractivity (Wildman–Crippen MR) is 99.5 cm³/mol. The van der Waals surface area contributed by atoms with Gasteiger partial charge in [0.05, 0.1) is 5.69 Å². The highest BCUT2D eigenvalue weighted by molar-refractivity contribution is 5.60. The monoisotopic (exact) mass is 312 g/mol. The molecule has 0 saturated carbocycles. The van der Waals surface area contributed by atoms with Gasteiger partial charge in [-0.25, -0.2) is 0 Å². The molecule has 0 aliphatic rings. The van der Waals surface area contributed by atoms with E-state index in [0.29, 0.717) is 0 Å². The summed E-state index contributed by atoms with van der Waals surface area (Å²) in [5.41, 5.74) is 5.42. The Hall–Kier alpha value is -2.89. The van der Waals surface area contributed by atoms with E-state index in [4.69, 9.17) is 0 Å².